The lowest BCUT2D eigenvalue weighted by atomic mass is 10.1. The van der Waals surface area contributed by atoms with Gasteiger partial charge in [-0.25, -0.2) is 4.68 Å². The van der Waals surface area contributed by atoms with Gasteiger partial charge in [-0.3, -0.25) is 5.10 Å². The van der Waals surface area contributed by atoms with Gasteiger partial charge in [0.1, 0.15) is 0 Å². The SMILES string of the molecule is COc1c(CNc2cc3cn[nH]c3cc2C)cnn1C. The van der Waals surface area contributed by atoms with E-state index >= 15 is 0 Å². The summed E-state index contributed by atoms with van der Waals surface area (Å²) in [7, 11) is 3.52. The van der Waals surface area contributed by atoms with Gasteiger partial charge in [0.05, 0.1) is 30.6 Å². The molecule has 0 unspecified atom stereocenters. The molecule has 0 fully saturated rings. The Kier molecular flexibility index (Phi) is 3.06. The standard InChI is InChI=1S/C14H17N5O/c1-9-4-13-10(7-16-18-13)5-12(9)15-6-11-8-17-19(2)14(11)20-3/h4-5,7-8,15H,6H2,1-3H3,(H,16,18). The third kappa shape index (κ3) is 2.09. The molecule has 3 rings (SSSR count). The first-order valence-corrected chi connectivity index (χ1v) is 6.41. The van der Waals surface area contributed by atoms with E-state index in [1.165, 1.54) is 5.56 Å². The average Bonchev–Trinajstić information content (AvgIpc) is 3.02. The summed E-state index contributed by atoms with van der Waals surface area (Å²) in [5, 5.41) is 15.7. The Labute approximate surface area is 116 Å². The summed E-state index contributed by atoms with van der Waals surface area (Å²) in [4.78, 5) is 0. The molecule has 2 heterocycles. The zero-order chi connectivity index (χ0) is 14.1. The fraction of sp³-hybridized carbons (Fsp3) is 0.286. The lowest BCUT2D eigenvalue weighted by molar-refractivity contribution is 0.370. The number of nitrogens with zero attached hydrogens (tertiary/aromatic N) is 3. The number of anilines is 1. The first-order chi connectivity index (χ1) is 9.69. The first-order valence-electron chi connectivity index (χ1n) is 6.41. The van der Waals surface area contributed by atoms with Crippen molar-refractivity contribution in [2.24, 2.45) is 7.05 Å². The number of hydrogen-bond acceptors (Lipinski definition) is 4. The van der Waals surface area contributed by atoms with Gasteiger partial charge >= 0.3 is 0 Å². The highest BCUT2D eigenvalue weighted by molar-refractivity contribution is 5.83. The van der Waals surface area contributed by atoms with Crippen molar-refractivity contribution >= 4 is 16.6 Å². The van der Waals surface area contributed by atoms with Gasteiger partial charge in [0.2, 0.25) is 5.88 Å². The molecule has 0 aliphatic carbocycles. The smallest absolute Gasteiger partial charge is 0.216 e. The molecule has 3 aromatic rings. The second kappa shape index (κ2) is 4.88. The van der Waals surface area contributed by atoms with Gasteiger partial charge in [-0.15, -0.1) is 0 Å². The van der Waals surface area contributed by atoms with E-state index in [0.29, 0.717) is 6.54 Å². The molecule has 0 radical (unpaired) electrons. The monoisotopic (exact) mass is 271 g/mol. The van der Waals surface area contributed by atoms with Crippen LogP contribution in [0.3, 0.4) is 0 Å². The zero-order valence-electron chi connectivity index (χ0n) is 11.8. The molecule has 0 bridgehead atoms. The molecule has 0 saturated carbocycles. The van der Waals surface area contributed by atoms with E-state index in [4.69, 9.17) is 4.74 Å². The minimum Gasteiger partial charge on any atom is -0.481 e. The van der Waals surface area contributed by atoms with Crippen molar-refractivity contribution in [2.45, 2.75) is 13.5 Å². The number of fused-ring (bicyclic) bond motifs is 1. The molecule has 0 amide bonds. The van der Waals surface area contributed by atoms with Crippen LogP contribution in [0.15, 0.2) is 24.5 Å². The second-order valence-electron chi connectivity index (χ2n) is 4.78. The van der Waals surface area contributed by atoms with Crippen LogP contribution in [0.2, 0.25) is 0 Å². The third-order valence-corrected chi connectivity index (χ3v) is 3.40. The summed E-state index contributed by atoms with van der Waals surface area (Å²) >= 11 is 0. The Morgan fingerprint density at radius 3 is 3.00 bits per heavy atom. The summed E-state index contributed by atoms with van der Waals surface area (Å²) < 4.78 is 7.06. The number of aromatic amines is 1. The summed E-state index contributed by atoms with van der Waals surface area (Å²) in [6, 6.07) is 4.18. The molecule has 0 saturated heterocycles. The van der Waals surface area contributed by atoms with Crippen molar-refractivity contribution in [3.63, 3.8) is 0 Å². The normalized spacial score (nSPS) is 10.9. The highest BCUT2D eigenvalue weighted by Gasteiger charge is 2.09. The van der Waals surface area contributed by atoms with Crippen LogP contribution in [0.25, 0.3) is 10.9 Å². The van der Waals surface area contributed by atoms with Crippen LogP contribution in [0.4, 0.5) is 5.69 Å². The molecule has 2 N–H and O–H groups in total. The number of methoxy groups -OCH3 is 1. The van der Waals surface area contributed by atoms with E-state index in [0.717, 1.165) is 28.0 Å². The van der Waals surface area contributed by atoms with Gasteiger partial charge in [0, 0.05) is 24.7 Å². The molecular weight excluding hydrogens is 254 g/mol. The number of aromatic nitrogens is 4. The Bertz CT molecular complexity index is 743. The fourth-order valence-corrected chi connectivity index (χ4v) is 2.34. The molecule has 0 spiro atoms. The Balaban J connectivity index is 1.84. The van der Waals surface area contributed by atoms with Gasteiger partial charge in [0.25, 0.3) is 0 Å². The van der Waals surface area contributed by atoms with Gasteiger partial charge in [-0.2, -0.15) is 10.2 Å². The van der Waals surface area contributed by atoms with Gasteiger partial charge < -0.3 is 10.1 Å². The quantitative estimate of drug-likeness (QED) is 0.763. The third-order valence-electron chi connectivity index (χ3n) is 3.40. The predicted molar refractivity (Wildman–Crippen MR) is 77.9 cm³/mol. The molecule has 1 aromatic carbocycles. The molecule has 0 aliphatic heterocycles. The Morgan fingerprint density at radius 1 is 1.35 bits per heavy atom. The van der Waals surface area contributed by atoms with E-state index < -0.39 is 0 Å². The fourth-order valence-electron chi connectivity index (χ4n) is 2.34. The van der Waals surface area contributed by atoms with Gasteiger partial charge in [0.15, 0.2) is 0 Å². The molecule has 104 valence electrons. The Hall–Kier alpha value is -2.50. The van der Waals surface area contributed by atoms with Crippen molar-refractivity contribution in [3.05, 3.63) is 35.7 Å². The zero-order valence-corrected chi connectivity index (χ0v) is 11.8. The predicted octanol–water partition coefficient (Wildman–Crippen LogP) is 2.23. The van der Waals surface area contributed by atoms with E-state index in [1.807, 2.05) is 19.4 Å². The average molecular weight is 271 g/mol. The lowest BCUT2D eigenvalue weighted by Gasteiger charge is -2.10. The number of hydrogen-bond donors (Lipinski definition) is 2. The van der Waals surface area contributed by atoms with Crippen molar-refractivity contribution in [1.82, 2.24) is 20.0 Å². The van der Waals surface area contributed by atoms with Gasteiger partial charge in [-0.1, -0.05) is 0 Å². The van der Waals surface area contributed by atoms with Crippen LogP contribution in [-0.2, 0) is 13.6 Å². The number of aryl methyl sites for hydroxylation is 2. The highest BCUT2D eigenvalue weighted by Crippen LogP contribution is 2.24. The molecule has 2 aromatic heterocycles. The molecule has 0 atom stereocenters. The van der Waals surface area contributed by atoms with Crippen LogP contribution in [-0.4, -0.2) is 27.1 Å². The van der Waals surface area contributed by atoms with E-state index in [9.17, 15) is 0 Å². The summed E-state index contributed by atoms with van der Waals surface area (Å²) in [5.41, 5.74) is 4.34. The number of rotatable bonds is 4. The maximum absolute atomic E-state index is 5.34. The van der Waals surface area contributed by atoms with E-state index in [2.05, 4.69) is 39.7 Å². The number of H-pyrrole nitrogens is 1. The molecule has 20 heavy (non-hydrogen) atoms. The minimum atomic E-state index is 0.668. The summed E-state index contributed by atoms with van der Waals surface area (Å²) in [6.07, 6.45) is 3.64. The second-order valence-corrected chi connectivity index (χ2v) is 4.78. The van der Waals surface area contributed by atoms with E-state index in [-0.39, 0.29) is 0 Å². The molecule has 6 nitrogen and oxygen atoms in total. The van der Waals surface area contributed by atoms with Crippen molar-refractivity contribution < 1.29 is 4.74 Å². The number of nitrogens with one attached hydrogen (secondary N) is 2. The number of ether oxygens (including phenoxy) is 1. The maximum Gasteiger partial charge on any atom is 0.216 e. The largest absolute Gasteiger partial charge is 0.481 e. The molecule has 6 heteroatoms. The van der Waals surface area contributed by atoms with Gasteiger partial charge in [-0.05, 0) is 24.6 Å². The molecular formula is C14H17N5O. The molecule has 0 aliphatic rings. The highest BCUT2D eigenvalue weighted by atomic mass is 16.5. The lowest BCUT2D eigenvalue weighted by Crippen LogP contribution is -2.03. The minimum absolute atomic E-state index is 0.668. The van der Waals surface area contributed by atoms with Crippen LogP contribution in [0.5, 0.6) is 5.88 Å². The van der Waals surface area contributed by atoms with Crippen molar-refractivity contribution in [2.75, 3.05) is 12.4 Å². The van der Waals surface area contributed by atoms with Crippen molar-refractivity contribution in [1.29, 1.82) is 0 Å². The van der Waals surface area contributed by atoms with Crippen LogP contribution < -0.4 is 10.1 Å². The van der Waals surface area contributed by atoms with Crippen LogP contribution in [0, 0.1) is 6.92 Å². The first kappa shape index (κ1) is 12.5. The van der Waals surface area contributed by atoms with Crippen molar-refractivity contribution in [3.8, 4) is 5.88 Å². The topological polar surface area (TPSA) is 67.8 Å². The Morgan fingerprint density at radius 2 is 2.20 bits per heavy atom. The van der Waals surface area contributed by atoms with Crippen LogP contribution >= 0.6 is 0 Å². The van der Waals surface area contributed by atoms with E-state index in [1.54, 1.807) is 11.8 Å². The number of benzene rings is 1. The summed E-state index contributed by atoms with van der Waals surface area (Å²) in [5.74, 6) is 0.777. The maximum atomic E-state index is 5.34. The summed E-state index contributed by atoms with van der Waals surface area (Å²) in [6.45, 7) is 2.74. The van der Waals surface area contributed by atoms with Crippen LogP contribution in [0.1, 0.15) is 11.1 Å².